The molecule has 1 aliphatic heterocycles. The van der Waals surface area contributed by atoms with E-state index in [-0.39, 0.29) is 11.8 Å². The minimum atomic E-state index is -0.223. The number of nitrogens with zero attached hydrogens (tertiary/aromatic N) is 2. The smallest absolute Gasteiger partial charge is 0.230 e. The third kappa shape index (κ3) is 3.09. The molecule has 140 valence electrons. The molecule has 1 amide bonds. The van der Waals surface area contributed by atoms with Gasteiger partial charge in [-0.25, -0.2) is 0 Å². The molecular formula is C20H27N3O2S. The first-order valence-electron chi connectivity index (χ1n) is 9.47. The predicted octanol–water partition coefficient (Wildman–Crippen LogP) is 3.63. The number of carbonyl (C=O) groups excluding carboxylic acids is 1. The molecule has 1 aliphatic carbocycles. The maximum atomic E-state index is 13.5. The lowest BCUT2D eigenvalue weighted by molar-refractivity contribution is -0.134. The molecule has 2 atom stereocenters. The Kier molecular flexibility index (Phi) is 4.65. The normalized spacial score (nSPS) is 22.3. The van der Waals surface area contributed by atoms with Crippen molar-refractivity contribution in [3.8, 4) is 0 Å². The fourth-order valence-electron chi connectivity index (χ4n) is 4.63. The van der Waals surface area contributed by atoms with Crippen molar-refractivity contribution in [1.82, 2.24) is 15.4 Å². The summed E-state index contributed by atoms with van der Waals surface area (Å²) in [5.74, 6) is 0.733. The molecule has 4 rings (SSSR count). The van der Waals surface area contributed by atoms with Gasteiger partial charge in [-0.2, -0.15) is 11.3 Å². The van der Waals surface area contributed by atoms with Crippen molar-refractivity contribution in [1.29, 1.82) is 0 Å². The van der Waals surface area contributed by atoms with E-state index in [1.807, 2.05) is 20.8 Å². The zero-order valence-corrected chi connectivity index (χ0v) is 16.6. The second-order valence-electron chi connectivity index (χ2n) is 7.89. The van der Waals surface area contributed by atoms with E-state index in [2.05, 4.69) is 32.2 Å². The highest BCUT2D eigenvalue weighted by Crippen LogP contribution is 2.56. The lowest BCUT2D eigenvalue weighted by Crippen LogP contribution is -2.40. The van der Waals surface area contributed by atoms with Gasteiger partial charge in [0.15, 0.2) is 0 Å². The standard InChI is InChI=1S/C20H27N3O2S/c1-13(18-14(2)22-25-15(18)3)19(24)23(11-16-4-9-26-12-16)17-10-20(17)5-7-21-8-6-20/h4,9,12-13,17,21H,5-8,10-11H2,1-3H3/t13-,17+/m0/s1. The van der Waals surface area contributed by atoms with E-state index in [4.69, 9.17) is 4.52 Å². The summed E-state index contributed by atoms with van der Waals surface area (Å²) in [5, 5.41) is 11.7. The van der Waals surface area contributed by atoms with Gasteiger partial charge in [-0.1, -0.05) is 5.16 Å². The minimum Gasteiger partial charge on any atom is -0.361 e. The number of hydrogen-bond donors (Lipinski definition) is 1. The summed E-state index contributed by atoms with van der Waals surface area (Å²) >= 11 is 1.69. The lowest BCUT2D eigenvalue weighted by Gasteiger charge is -2.31. The Hall–Kier alpha value is -1.66. The molecule has 0 unspecified atom stereocenters. The Labute approximate surface area is 158 Å². The molecular weight excluding hydrogens is 346 g/mol. The van der Waals surface area contributed by atoms with E-state index < -0.39 is 0 Å². The largest absolute Gasteiger partial charge is 0.361 e. The van der Waals surface area contributed by atoms with Gasteiger partial charge in [-0.15, -0.1) is 0 Å². The van der Waals surface area contributed by atoms with Gasteiger partial charge in [-0.3, -0.25) is 4.79 Å². The van der Waals surface area contributed by atoms with Crippen molar-refractivity contribution in [3.63, 3.8) is 0 Å². The van der Waals surface area contributed by atoms with Crippen molar-refractivity contribution in [2.75, 3.05) is 13.1 Å². The van der Waals surface area contributed by atoms with E-state index in [0.29, 0.717) is 18.0 Å². The van der Waals surface area contributed by atoms with Gasteiger partial charge in [0.25, 0.3) is 0 Å². The number of nitrogens with one attached hydrogen (secondary N) is 1. The molecule has 26 heavy (non-hydrogen) atoms. The van der Waals surface area contributed by atoms with Crippen LogP contribution in [0.5, 0.6) is 0 Å². The Morgan fingerprint density at radius 1 is 1.46 bits per heavy atom. The van der Waals surface area contributed by atoms with Crippen molar-refractivity contribution < 1.29 is 9.32 Å². The molecule has 2 aromatic heterocycles. The molecule has 1 saturated heterocycles. The second-order valence-corrected chi connectivity index (χ2v) is 8.67. The third-order valence-electron chi connectivity index (χ3n) is 6.23. The maximum Gasteiger partial charge on any atom is 0.230 e. The first-order valence-corrected chi connectivity index (χ1v) is 10.4. The van der Waals surface area contributed by atoms with Crippen LogP contribution in [0.3, 0.4) is 0 Å². The van der Waals surface area contributed by atoms with Crippen LogP contribution in [0.1, 0.15) is 54.7 Å². The first-order chi connectivity index (χ1) is 12.5. The van der Waals surface area contributed by atoms with E-state index in [1.165, 1.54) is 18.4 Å². The fraction of sp³-hybridized carbons (Fsp3) is 0.600. The second kappa shape index (κ2) is 6.82. The van der Waals surface area contributed by atoms with Crippen molar-refractivity contribution in [2.24, 2.45) is 5.41 Å². The summed E-state index contributed by atoms with van der Waals surface area (Å²) in [7, 11) is 0. The van der Waals surface area contributed by atoms with Crippen LogP contribution in [0.2, 0.25) is 0 Å². The van der Waals surface area contributed by atoms with Crippen LogP contribution in [-0.2, 0) is 11.3 Å². The molecule has 1 saturated carbocycles. The van der Waals surface area contributed by atoms with Crippen LogP contribution in [-0.4, -0.2) is 35.1 Å². The first kappa shape index (κ1) is 17.7. The summed E-state index contributed by atoms with van der Waals surface area (Å²) < 4.78 is 5.31. The number of piperidine rings is 1. The number of aryl methyl sites for hydroxylation is 2. The van der Waals surface area contributed by atoms with Crippen molar-refractivity contribution in [3.05, 3.63) is 39.4 Å². The Morgan fingerprint density at radius 3 is 2.85 bits per heavy atom. The predicted molar refractivity (Wildman–Crippen MR) is 102 cm³/mol. The molecule has 5 nitrogen and oxygen atoms in total. The van der Waals surface area contributed by atoms with Crippen LogP contribution in [0.25, 0.3) is 0 Å². The Bertz CT molecular complexity index is 758. The molecule has 6 heteroatoms. The van der Waals surface area contributed by atoms with E-state index in [1.54, 1.807) is 11.3 Å². The van der Waals surface area contributed by atoms with Gasteiger partial charge >= 0.3 is 0 Å². The minimum absolute atomic E-state index is 0.200. The van der Waals surface area contributed by atoms with Crippen LogP contribution >= 0.6 is 11.3 Å². The number of thiophene rings is 1. The van der Waals surface area contributed by atoms with Gasteiger partial charge < -0.3 is 14.7 Å². The number of amides is 1. The number of hydrogen-bond acceptors (Lipinski definition) is 5. The summed E-state index contributed by atoms with van der Waals surface area (Å²) in [4.78, 5) is 15.7. The highest BCUT2D eigenvalue weighted by Gasteiger charge is 2.58. The molecule has 3 heterocycles. The fourth-order valence-corrected chi connectivity index (χ4v) is 5.29. The molecule has 1 N–H and O–H groups in total. The van der Waals surface area contributed by atoms with Gasteiger partial charge in [0.05, 0.1) is 11.6 Å². The third-order valence-corrected chi connectivity index (χ3v) is 6.96. The molecule has 1 spiro atoms. The number of aromatic nitrogens is 1. The summed E-state index contributed by atoms with van der Waals surface area (Å²) in [5.41, 5.74) is 3.33. The maximum absolute atomic E-state index is 13.5. The zero-order chi connectivity index (χ0) is 18.3. The van der Waals surface area contributed by atoms with Crippen LogP contribution < -0.4 is 5.32 Å². The summed E-state index contributed by atoms with van der Waals surface area (Å²) in [6.45, 7) is 8.65. The molecule has 2 aromatic rings. The van der Waals surface area contributed by atoms with Crippen LogP contribution in [0, 0.1) is 19.3 Å². The molecule has 0 aromatic carbocycles. The highest BCUT2D eigenvalue weighted by atomic mass is 32.1. The Morgan fingerprint density at radius 2 is 2.23 bits per heavy atom. The topological polar surface area (TPSA) is 58.4 Å². The van der Waals surface area contributed by atoms with Gasteiger partial charge in [0.2, 0.25) is 5.91 Å². The van der Waals surface area contributed by atoms with Crippen molar-refractivity contribution in [2.45, 2.75) is 58.5 Å². The average molecular weight is 374 g/mol. The van der Waals surface area contributed by atoms with Gasteiger partial charge in [0, 0.05) is 18.2 Å². The van der Waals surface area contributed by atoms with E-state index in [0.717, 1.165) is 36.5 Å². The average Bonchev–Trinajstić information content (AvgIpc) is 2.99. The van der Waals surface area contributed by atoms with Gasteiger partial charge in [0.1, 0.15) is 5.76 Å². The highest BCUT2D eigenvalue weighted by molar-refractivity contribution is 7.07. The molecule has 0 bridgehead atoms. The zero-order valence-electron chi connectivity index (χ0n) is 15.7. The molecule has 2 fully saturated rings. The summed E-state index contributed by atoms with van der Waals surface area (Å²) in [6, 6.07) is 2.49. The molecule has 0 radical (unpaired) electrons. The lowest BCUT2D eigenvalue weighted by atomic mass is 9.92. The van der Waals surface area contributed by atoms with Crippen LogP contribution in [0.15, 0.2) is 21.3 Å². The van der Waals surface area contributed by atoms with Crippen LogP contribution in [0.4, 0.5) is 0 Å². The number of carbonyl (C=O) groups is 1. The van der Waals surface area contributed by atoms with Gasteiger partial charge in [-0.05, 0) is 80.9 Å². The summed E-state index contributed by atoms with van der Waals surface area (Å²) in [6.07, 6.45) is 3.48. The van der Waals surface area contributed by atoms with Crippen molar-refractivity contribution >= 4 is 17.2 Å². The van der Waals surface area contributed by atoms with E-state index in [9.17, 15) is 4.79 Å². The molecule has 2 aliphatic rings. The Balaban J connectivity index is 1.59. The monoisotopic (exact) mass is 373 g/mol. The number of rotatable bonds is 5. The van der Waals surface area contributed by atoms with E-state index >= 15 is 0 Å². The quantitative estimate of drug-likeness (QED) is 0.869. The SMILES string of the molecule is Cc1noc(C)c1[C@H](C)C(=O)N(Cc1ccsc1)[C@@H]1CC12CCNCC2.